The first-order valence-electron chi connectivity index (χ1n) is 8.48. The van der Waals surface area contributed by atoms with Crippen LogP contribution in [0.25, 0.3) is 0 Å². The minimum absolute atomic E-state index is 0.0696. The van der Waals surface area contributed by atoms with Crippen LogP contribution in [0.3, 0.4) is 0 Å². The van der Waals surface area contributed by atoms with E-state index >= 15 is 0 Å². The second-order valence-corrected chi connectivity index (χ2v) is 6.35. The topological polar surface area (TPSA) is 58.6 Å². The van der Waals surface area contributed by atoms with Crippen LogP contribution in [0.2, 0.25) is 0 Å². The molecule has 2 aliphatic rings. The molecule has 1 saturated carbocycles. The molecule has 1 N–H and O–H groups in total. The number of para-hydroxylation sites is 1. The van der Waals surface area contributed by atoms with Gasteiger partial charge in [-0.2, -0.15) is 0 Å². The van der Waals surface area contributed by atoms with E-state index in [0.29, 0.717) is 32.2 Å². The van der Waals surface area contributed by atoms with Gasteiger partial charge in [0.15, 0.2) is 0 Å². The lowest BCUT2D eigenvalue weighted by molar-refractivity contribution is -0.136. The molecule has 1 aromatic rings. The van der Waals surface area contributed by atoms with Crippen molar-refractivity contribution in [1.82, 2.24) is 10.2 Å². The molecular formula is C18H24N2O3. The zero-order chi connectivity index (χ0) is 16.1. The van der Waals surface area contributed by atoms with Gasteiger partial charge in [0.1, 0.15) is 5.75 Å². The number of nitrogens with zero attached hydrogens (tertiary/aromatic N) is 1. The number of ether oxygens (including phenoxy) is 1. The van der Waals surface area contributed by atoms with Crippen LogP contribution in [0.4, 0.5) is 0 Å². The van der Waals surface area contributed by atoms with Gasteiger partial charge in [0, 0.05) is 25.0 Å². The molecule has 0 unspecified atom stereocenters. The molecule has 5 nitrogen and oxygen atoms in total. The fourth-order valence-electron chi connectivity index (χ4n) is 2.87. The van der Waals surface area contributed by atoms with E-state index in [-0.39, 0.29) is 17.7 Å². The molecule has 2 amide bonds. The van der Waals surface area contributed by atoms with Crippen molar-refractivity contribution in [2.75, 3.05) is 19.7 Å². The quantitative estimate of drug-likeness (QED) is 0.873. The van der Waals surface area contributed by atoms with Gasteiger partial charge >= 0.3 is 0 Å². The van der Waals surface area contributed by atoms with E-state index in [1.54, 1.807) is 0 Å². The van der Waals surface area contributed by atoms with E-state index in [0.717, 1.165) is 31.4 Å². The molecule has 1 heterocycles. The van der Waals surface area contributed by atoms with Crippen molar-refractivity contribution in [1.29, 1.82) is 0 Å². The lowest BCUT2D eigenvalue weighted by atomic mass is 9.95. The Balaban J connectivity index is 1.35. The molecule has 23 heavy (non-hydrogen) atoms. The zero-order valence-electron chi connectivity index (χ0n) is 13.4. The third-order valence-electron chi connectivity index (χ3n) is 4.47. The third-order valence-corrected chi connectivity index (χ3v) is 4.47. The number of carbonyl (C=O) groups excluding carboxylic acids is 2. The van der Waals surface area contributed by atoms with Gasteiger partial charge in [0.25, 0.3) is 0 Å². The highest BCUT2D eigenvalue weighted by Gasteiger charge is 2.30. The molecule has 1 saturated heterocycles. The third kappa shape index (κ3) is 4.71. The summed E-state index contributed by atoms with van der Waals surface area (Å²) in [6, 6.07) is 9.94. The summed E-state index contributed by atoms with van der Waals surface area (Å²) in [6.07, 6.45) is 4.15. The molecule has 0 atom stereocenters. The Bertz CT molecular complexity index is 534. The monoisotopic (exact) mass is 316 g/mol. The van der Waals surface area contributed by atoms with Gasteiger partial charge in [-0.3, -0.25) is 9.59 Å². The molecule has 1 aromatic carbocycles. The summed E-state index contributed by atoms with van der Waals surface area (Å²) in [7, 11) is 0. The van der Waals surface area contributed by atoms with E-state index in [1.165, 1.54) is 0 Å². The normalized spacial score (nSPS) is 18.5. The number of amides is 2. The van der Waals surface area contributed by atoms with Crippen LogP contribution < -0.4 is 10.1 Å². The summed E-state index contributed by atoms with van der Waals surface area (Å²) in [5.41, 5.74) is 0. The SMILES string of the molecule is O=C(NC1CC1)C1CCN(C(=O)CCOc2ccccc2)CC1. The van der Waals surface area contributed by atoms with E-state index in [1.807, 2.05) is 35.2 Å². The van der Waals surface area contributed by atoms with Gasteiger partial charge in [-0.05, 0) is 37.8 Å². The molecule has 1 aliphatic heterocycles. The summed E-state index contributed by atoms with van der Waals surface area (Å²) in [6.45, 7) is 1.74. The Labute approximate surface area is 137 Å². The number of piperidine rings is 1. The Morgan fingerprint density at radius 3 is 2.43 bits per heavy atom. The molecule has 0 aromatic heterocycles. The highest BCUT2D eigenvalue weighted by Crippen LogP contribution is 2.23. The second kappa shape index (κ2) is 7.49. The fraction of sp³-hybridized carbons (Fsp3) is 0.556. The van der Waals surface area contributed by atoms with Crippen molar-refractivity contribution < 1.29 is 14.3 Å². The molecular weight excluding hydrogens is 292 g/mol. The van der Waals surface area contributed by atoms with Crippen molar-refractivity contribution in [2.45, 2.75) is 38.1 Å². The predicted molar refractivity (Wildman–Crippen MR) is 87.0 cm³/mol. The van der Waals surface area contributed by atoms with Gasteiger partial charge in [-0.25, -0.2) is 0 Å². The Morgan fingerprint density at radius 2 is 1.78 bits per heavy atom. The maximum atomic E-state index is 12.2. The maximum Gasteiger partial charge on any atom is 0.225 e. The molecule has 0 spiro atoms. The Kier molecular flexibility index (Phi) is 5.16. The molecule has 0 radical (unpaired) electrons. The maximum absolute atomic E-state index is 12.2. The van der Waals surface area contributed by atoms with Crippen LogP contribution >= 0.6 is 0 Å². The van der Waals surface area contributed by atoms with Crippen LogP contribution in [-0.4, -0.2) is 42.5 Å². The predicted octanol–water partition coefficient (Wildman–Crippen LogP) is 1.97. The van der Waals surface area contributed by atoms with Crippen molar-refractivity contribution in [3.8, 4) is 5.75 Å². The molecule has 124 valence electrons. The summed E-state index contributed by atoms with van der Waals surface area (Å²) < 4.78 is 5.57. The Hall–Kier alpha value is -2.04. The van der Waals surface area contributed by atoms with E-state index in [9.17, 15) is 9.59 Å². The number of likely N-dealkylation sites (tertiary alicyclic amines) is 1. The number of benzene rings is 1. The summed E-state index contributed by atoms with van der Waals surface area (Å²) in [5.74, 6) is 1.14. The highest BCUT2D eigenvalue weighted by atomic mass is 16.5. The van der Waals surface area contributed by atoms with Gasteiger partial charge in [-0.1, -0.05) is 18.2 Å². The van der Waals surface area contributed by atoms with Gasteiger partial charge in [0.05, 0.1) is 13.0 Å². The first-order chi connectivity index (χ1) is 11.2. The Morgan fingerprint density at radius 1 is 1.09 bits per heavy atom. The minimum Gasteiger partial charge on any atom is -0.493 e. The van der Waals surface area contributed by atoms with Crippen LogP contribution in [0, 0.1) is 5.92 Å². The molecule has 2 fully saturated rings. The summed E-state index contributed by atoms with van der Waals surface area (Å²) >= 11 is 0. The van der Waals surface area contributed by atoms with Crippen LogP contribution in [-0.2, 0) is 9.59 Å². The van der Waals surface area contributed by atoms with Crippen molar-refractivity contribution in [3.05, 3.63) is 30.3 Å². The lowest BCUT2D eigenvalue weighted by Gasteiger charge is -2.31. The number of hydrogen-bond acceptors (Lipinski definition) is 3. The molecule has 5 heteroatoms. The highest BCUT2D eigenvalue weighted by molar-refractivity contribution is 5.80. The number of hydrogen-bond donors (Lipinski definition) is 1. The van der Waals surface area contributed by atoms with Crippen molar-refractivity contribution in [3.63, 3.8) is 0 Å². The lowest BCUT2D eigenvalue weighted by Crippen LogP contribution is -2.43. The second-order valence-electron chi connectivity index (χ2n) is 6.35. The number of nitrogens with one attached hydrogen (secondary N) is 1. The van der Waals surface area contributed by atoms with Gasteiger partial charge in [0.2, 0.25) is 11.8 Å². The van der Waals surface area contributed by atoms with E-state index in [2.05, 4.69) is 5.32 Å². The first kappa shape index (κ1) is 15.8. The first-order valence-corrected chi connectivity index (χ1v) is 8.48. The largest absolute Gasteiger partial charge is 0.493 e. The van der Waals surface area contributed by atoms with Crippen LogP contribution in [0.1, 0.15) is 32.1 Å². The van der Waals surface area contributed by atoms with E-state index < -0.39 is 0 Å². The number of carbonyl (C=O) groups is 2. The van der Waals surface area contributed by atoms with Crippen LogP contribution in [0.5, 0.6) is 5.75 Å². The van der Waals surface area contributed by atoms with Crippen molar-refractivity contribution >= 4 is 11.8 Å². The van der Waals surface area contributed by atoms with Gasteiger partial charge in [-0.15, -0.1) is 0 Å². The average Bonchev–Trinajstić information content (AvgIpc) is 3.40. The average molecular weight is 316 g/mol. The minimum atomic E-state index is 0.0696. The fourth-order valence-corrected chi connectivity index (χ4v) is 2.87. The van der Waals surface area contributed by atoms with E-state index in [4.69, 9.17) is 4.74 Å². The van der Waals surface area contributed by atoms with Crippen molar-refractivity contribution in [2.24, 2.45) is 5.92 Å². The zero-order valence-corrected chi connectivity index (χ0v) is 13.4. The van der Waals surface area contributed by atoms with Crippen LogP contribution in [0.15, 0.2) is 30.3 Å². The summed E-state index contributed by atoms with van der Waals surface area (Å²) in [4.78, 5) is 26.1. The molecule has 0 bridgehead atoms. The smallest absolute Gasteiger partial charge is 0.225 e. The standard InChI is InChI=1S/C18H24N2O3/c21-17(10-13-23-16-4-2-1-3-5-16)20-11-8-14(9-12-20)18(22)19-15-6-7-15/h1-5,14-15H,6-13H2,(H,19,22). The molecule has 3 rings (SSSR count). The van der Waals surface area contributed by atoms with Gasteiger partial charge < -0.3 is 15.0 Å². The molecule has 1 aliphatic carbocycles. The summed E-state index contributed by atoms with van der Waals surface area (Å²) in [5, 5.41) is 3.06. The number of rotatable bonds is 6.